The molecule has 0 aromatic heterocycles. The van der Waals surface area contributed by atoms with Crippen molar-refractivity contribution in [2.45, 2.75) is 18.9 Å². The van der Waals surface area contributed by atoms with Crippen molar-refractivity contribution in [3.05, 3.63) is 77.6 Å². The van der Waals surface area contributed by atoms with Crippen LogP contribution < -0.4 is 5.32 Å². The van der Waals surface area contributed by atoms with Gasteiger partial charge in [0.15, 0.2) is 0 Å². The Bertz CT molecular complexity index is 1020. The number of nitrogens with zero attached hydrogens (tertiary/aromatic N) is 2. The molecule has 2 aromatic rings. The van der Waals surface area contributed by atoms with Crippen molar-refractivity contribution >= 4 is 23.4 Å². The van der Waals surface area contributed by atoms with Gasteiger partial charge in [0.05, 0.1) is 0 Å². The van der Waals surface area contributed by atoms with E-state index in [-0.39, 0.29) is 12.5 Å². The molecule has 0 saturated carbocycles. The van der Waals surface area contributed by atoms with E-state index in [0.717, 1.165) is 10.5 Å². The molecule has 0 aliphatic carbocycles. The standard InChI is InChI=1S/C23H22FN3O3/c1-23(18-7-9-19(24)10-8-18)21(29)27(22(30)25-23)15-20(28)26-13-11-17(12-14-26)16-5-3-2-4-6-16/h2-11H,12-15H2,1H3,(H,25,30). The third-order valence-electron chi connectivity index (χ3n) is 5.70. The van der Waals surface area contributed by atoms with Crippen LogP contribution in [0.25, 0.3) is 5.57 Å². The first kappa shape index (κ1) is 19.8. The molecular formula is C23H22FN3O3. The van der Waals surface area contributed by atoms with E-state index in [1.807, 2.05) is 36.4 Å². The van der Waals surface area contributed by atoms with Gasteiger partial charge in [0, 0.05) is 13.1 Å². The van der Waals surface area contributed by atoms with Crippen LogP contribution in [-0.4, -0.2) is 47.3 Å². The molecule has 4 rings (SSSR count). The lowest BCUT2D eigenvalue weighted by Gasteiger charge is -2.28. The molecule has 2 aliphatic rings. The van der Waals surface area contributed by atoms with Crippen LogP contribution >= 0.6 is 0 Å². The second-order valence-corrected chi connectivity index (χ2v) is 7.64. The Morgan fingerprint density at radius 1 is 1.10 bits per heavy atom. The van der Waals surface area contributed by atoms with Gasteiger partial charge in [-0.2, -0.15) is 0 Å². The highest BCUT2D eigenvalue weighted by molar-refractivity contribution is 6.09. The van der Waals surface area contributed by atoms with Crippen molar-refractivity contribution < 1.29 is 18.8 Å². The third kappa shape index (κ3) is 3.58. The number of benzene rings is 2. The second-order valence-electron chi connectivity index (χ2n) is 7.64. The van der Waals surface area contributed by atoms with Crippen LogP contribution in [0.2, 0.25) is 0 Å². The van der Waals surface area contributed by atoms with E-state index in [1.165, 1.54) is 29.8 Å². The quantitative estimate of drug-likeness (QED) is 0.793. The van der Waals surface area contributed by atoms with Crippen LogP contribution in [0.4, 0.5) is 9.18 Å². The monoisotopic (exact) mass is 407 g/mol. The zero-order valence-corrected chi connectivity index (χ0v) is 16.6. The summed E-state index contributed by atoms with van der Waals surface area (Å²) in [5.41, 5.74) is 1.45. The summed E-state index contributed by atoms with van der Waals surface area (Å²) in [5.74, 6) is -1.24. The molecule has 0 radical (unpaired) electrons. The molecule has 0 spiro atoms. The molecular weight excluding hydrogens is 385 g/mol. The average Bonchev–Trinajstić information content (AvgIpc) is 2.98. The molecule has 1 fully saturated rings. The van der Waals surface area contributed by atoms with Crippen molar-refractivity contribution in [1.29, 1.82) is 0 Å². The number of nitrogens with one attached hydrogen (secondary N) is 1. The van der Waals surface area contributed by atoms with E-state index in [4.69, 9.17) is 0 Å². The summed E-state index contributed by atoms with van der Waals surface area (Å²) in [6.07, 6.45) is 2.72. The summed E-state index contributed by atoms with van der Waals surface area (Å²) in [6.45, 7) is 2.19. The molecule has 154 valence electrons. The number of imide groups is 1. The summed E-state index contributed by atoms with van der Waals surface area (Å²) in [7, 11) is 0. The molecule has 0 bridgehead atoms. The Kier molecular flexibility index (Phi) is 5.11. The van der Waals surface area contributed by atoms with E-state index in [2.05, 4.69) is 5.32 Å². The number of urea groups is 1. The molecule has 6 nitrogen and oxygen atoms in total. The smallest absolute Gasteiger partial charge is 0.325 e. The van der Waals surface area contributed by atoms with E-state index >= 15 is 0 Å². The Hall–Kier alpha value is -3.48. The molecule has 2 heterocycles. The average molecular weight is 407 g/mol. The van der Waals surface area contributed by atoms with E-state index in [9.17, 15) is 18.8 Å². The molecule has 2 aromatic carbocycles. The maximum Gasteiger partial charge on any atom is 0.325 e. The lowest BCUT2D eigenvalue weighted by molar-refractivity contribution is -0.138. The highest BCUT2D eigenvalue weighted by atomic mass is 19.1. The number of hydrogen-bond acceptors (Lipinski definition) is 3. The van der Waals surface area contributed by atoms with Gasteiger partial charge in [-0.1, -0.05) is 48.5 Å². The van der Waals surface area contributed by atoms with Gasteiger partial charge in [0.2, 0.25) is 5.91 Å². The van der Waals surface area contributed by atoms with Crippen LogP contribution in [0.5, 0.6) is 0 Å². The van der Waals surface area contributed by atoms with Crippen LogP contribution in [0.15, 0.2) is 60.7 Å². The zero-order valence-electron chi connectivity index (χ0n) is 16.6. The van der Waals surface area contributed by atoms with Crippen molar-refractivity contribution in [3.63, 3.8) is 0 Å². The van der Waals surface area contributed by atoms with Gasteiger partial charge in [-0.25, -0.2) is 9.18 Å². The topological polar surface area (TPSA) is 69.7 Å². The van der Waals surface area contributed by atoms with Gasteiger partial charge in [-0.15, -0.1) is 0 Å². The van der Waals surface area contributed by atoms with Crippen molar-refractivity contribution in [3.8, 4) is 0 Å². The Balaban J connectivity index is 1.44. The fraction of sp³-hybridized carbons (Fsp3) is 0.261. The van der Waals surface area contributed by atoms with Crippen LogP contribution in [0, 0.1) is 5.82 Å². The first-order valence-corrected chi connectivity index (χ1v) is 9.81. The van der Waals surface area contributed by atoms with Gasteiger partial charge < -0.3 is 10.2 Å². The third-order valence-corrected chi connectivity index (χ3v) is 5.70. The minimum absolute atomic E-state index is 0.287. The van der Waals surface area contributed by atoms with E-state index in [1.54, 1.807) is 11.8 Å². The van der Waals surface area contributed by atoms with Crippen molar-refractivity contribution in [1.82, 2.24) is 15.1 Å². The summed E-state index contributed by atoms with van der Waals surface area (Å²) < 4.78 is 13.2. The molecule has 4 amide bonds. The van der Waals surface area contributed by atoms with Crippen LogP contribution in [-0.2, 0) is 15.1 Å². The van der Waals surface area contributed by atoms with Crippen LogP contribution in [0.1, 0.15) is 24.5 Å². The number of carbonyl (C=O) groups excluding carboxylic acids is 3. The molecule has 7 heteroatoms. The predicted octanol–water partition coefficient (Wildman–Crippen LogP) is 2.91. The second kappa shape index (κ2) is 7.74. The highest BCUT2D eigenvalue weighted by Crippen LogP contribution is 2.29. The summed E-state index contributed by atoms with van der Waals surface area (Å²) in [5, 5.41) is 2.64. The van der Waals surface area contributed by atoms with Crippen LogP contribution in [0.3, 0.4) is 0 Å². The van der Waals surface area contributed by atoms with Crippen molar-refractivity contribution in [2.75, 3.05) is 19.6 Å². The fourth-order valence-corrected chi connectivity index (χ4v) is 3.86. The van der Waals surface area contributed by atoms with Gasteiger partial charge in [0.25, 0.3) is 5.91 Å². The zero-order chi connectivity index (χ0) is 21.3. The molecule has 2 aliphatic heterocycles. The fourth-order valence-electron chi connectivity index (χ4n) is 3.86. The summed E-state index contributed by atoms with van der Waals surface area (Å²) >= 11 is 0. The maximum absolute atomic E-state index is 13.2. The van der Waals surface area contributed by atoms with Crippen molar-refractivity contribution in [2.24, 2.45) is 0 Å². The number of amides is 4. The SMILES string of the molecule is CC1(c2ccc(F)cc2)NC(=O)N(CC(=O)N2CC=C(c3ccccc3)CC2)C1=O. The number of hydrogen-bond donors (Lipinski definition) is 1. The predicted molar refractivity (Wildman–Crippen MR) is 110 cm³/mol. The van der Waals surface area contributed by atoms with E-state index in [0.29, 0.717) is 25.1 Å². The highest BCUT2D eigenvalue weighted by Gasteiger charge is 2.49. The molecule has 1 unspecified atom stereocenters. The Morgan fingerprint density at radius 3 is 2.43 bits per heavy atom. The first-order chi connectivity index (χ1) is 14.4. The minimum Gasteiger partial charge on any atom is -0.337 e. The lowest BCUT2D eigenvalue weighted by Crippen LogP contribution is -2.45. The molecule has 1 saturated heterocycles. The number of halogens is 1. The van der Waals surface area contributed by atoms with Gasteiger partial charge in [-0.3, -0.25) is 14.5 Å². The first-order valence-electron chi connectivity index (χ1n) is 9.81. The van der Waals surface area contributed by atoms with E-state index < -0.39 is 23.3 Å². The Morgan fingerprint density at radius 2 is 1.80 bits per heavy atom. The summed E-state index contributed by atoms with van der Waals surface area (Å²) in [4.78, 5) is 40.7. The number of rotatable bonds is 4. The normalized spacial score (nSPS) is 21.5. The molecule has 1 atom stereocenters. The lowest BCUT2D eigenvalue weighted by atomic mass is 9.92. The molecule has 1 N–H and O–H groups in total. The van der Waals surface area contributed by atoms with Gasteiger partial charge in [-0.05, 0) is 42.2 Å². The largest absolute Gasteiger partial charge is 0.337 e. The van der Waals surface area contributed by atoms with Gasteiger partial charge in [0.1, 0.15) is 17.9 Å². The summed E-state index contributed by atoms with van der Waals surface area (Å²) in [6, 6.07) is 14.7. The number of carbonyl (C=O) groups is 3. The molecule has 30 heavy (non-hydrogen) atoms. The maximum atomic E-state index is 13.2. The minimum atomic E-state index is -1.33. The Labute approximate surface area is 174 Å². The van der Waals surface area contributed by atoms with Gasteiger partial charge >= 0.3 is 6.03 Å².